The maximum atomic E-state index is 9.93. The molecule has 0 spiro atoms. The van der Waals surface area contributed by atoms with Gasteiger partial charge in [0.1, 0.15) is 5.56 Å². The van der Waals surface area contributed by atoms with Crippen LogP contribution >= 0.6 is 0 Å². The van der Waals surface area contributed by atoms with Crippen LogP contribution in [-0.4, -0.2) is 19.5 Å². The van der Waals surface area contributed by atoms with Gasteiger partial charge in [-0.15, -0.1) is 0 Å². The molecule has 3 saturated carbocycles. The summed E-state index contributed by atoms with van der Waals surface area (Å²) in [5, 5.41) is 0. The van der Waals surface area contributed by atoms with Gasteiger partial charge in [0.15, 0.2) is 0 Å². The van der Waals surface area contributed by atoms with Crippen LogP contribution in [0.15, 0.2) is 0 Å². The fraction of sp³-hybridized carbons (Fsp3) is 0.679. The van der Waals surface area contributed by atoms with Gasteiger partial charge in [0, 0.05) is 40.7 Å². The van der Waals surface area contributed by atoms with Crippen molar-refractivity contribution in [3.63, 3.8) is 0 Å². The van der Waals surface area contributed by atoms with Crippen molar-refractivity contribution < 1.29 is 16.9 Å². The van der Waals surface area contributed by atoms with E-state index in [1.807, 2.05) is 22.3 Å². The third kappa shape index (κ3) is 4.51. The first kappa shape index (κ1) is 24.4. The second kappa shape index (κ2) is 7.55. The van der Waals surface area contributed by atoms with Gasteiger partial charge in [0.25, 0.3) is 0 Å². The summed E-state index contributed by atoms with van der Waals surface area (Å²) < 4.78 is 59.6. The monoisotopic (exact) mass is 604 g/mol. The molecule has 0 amide bonds. The van der Waals surface area contributed by atoms with E-state index in [2.05, 4.69) is 18.8 Å². The number of hydrogen-bond acceptors (Lipinski definition) is 0. The number of rotatable bonds is 0. The van der Waals surface area contributed by atoms with Gasteiger partial charge in [-0.05, 0) is 95.8 Å². The molecule has 1 aromatic rings. The molecular weight excluding hydrogens is 572 g/mol. The van der Waals surface area contributed by atoms with Gasteiger partial charge < -0.3 is 0 Å². The van der Waals surface area contributed by atoms with Crippen LogP contribution in [0.4, 0.5) is 16.9 Å². The Labute approximate surface area is 206 Å². The third-order valence-electron chi connectivity index (χ3n) is 9.87. The zero-order chi connectivity index (χ0) is 24.8. The van der Waals surface area contributed by atoms with E-state index in [1.165, 1.54) is 77.0 Å². The molecular formula is C28H33F6Sb. The first-order valence-corrected chi connectivity index (χ1v) is 19.2. The molecule has 6 bridgehead atoms. The van der Waals surface area contributed by atoms with E-state index in [-0.39, 0.29) is 0 Å². The molecule has 0 aromatic heterocycles. The predicted molar refractivity (Wildman–Crippen MR) is 128 cm³/mol. The zero-order valence-electron chi connectivity index (χ0n) is 20.2. The summed E-state index contributed by atoms with van der Waals surface area (Å²) in [4.78, 5) is 0. The molecule has 1 aromatic carbocycles. The quantitative estimate of drug-likeness (QED) is 0.120. The Bertz CT molecular complexity index is 1060. The average molecular weight is 605 g/mol. The Balaban J connectivity index is 0.000000290. The normalized spacial score (nSPS) is 35.3. The average Bonchev–Trinajstić information content (AvgIpc) is 2.97. The number of halogens is 6. The van der Waals surface area contributed by atoms with E-state index in [0.717, 1.165) is 35.5 Å². The van der Waals surface area contributed by atoms with E-state index < -0.39 is 19.5 Å². The third-order valence-corrected chi connectivity index (χ3v) is 9.87. The van der Waals surface area contributed by atoms with Gasteiger partial charge in [-0.1, -0.05) is 5.92 Å². The molecule has 0 atom stereocenters. The zero-order valence-corrected chi connectivity index (χ0v) is 22.7. The Morgan fingerprint density at radius 2 is 0.971 bits per heavy atom. The van der Waals surface area contributed by atoms with Crippen molar-refractivity contribution in [2.24, 2.45) is 0 Å². The summed E-state index contributed by atoms with van der Waals surface area (Å²) in [7, 11) is 0. The molecule has 0 saturated heterocycles. The van der Waals surface area contributed by atoms with Crippen molar-refractivity contribution in [1.29, 1.82) is 0 Å². The van der Waals surface area contributed by atoms with E-state index >= 15 is 0 Å². The standard InChI is InChI=1S/C28H33.6FH.Sb/c1-2-3-22-23-16-4-8-18(9-5-16)25(23)27-20-12-14-21(15-13-20)28(27)26-19-10-6-17(7-11-19)24(22)26;;;;;;;/h16-21H,4-15H2,1H3;6*1H;/q+1;;;;;;;+5/p-6. The van der Waals surface area contributed by atoms with Gasteiger partial charge in [0.05, 0.1) is 22.3 Å². The molecule has 0 aliphatic heterocycles. The van der Waals surface area contributed by atoms with Crippen molar-refractivity contribution in [1.82, 2.24) is 0 Å². The Kier molecular flexibility index (Phi) is 5.26. The van der Waals surface area contributed by atoms with E-state index in [9.17, 15) is 16.9 Å². The molecule has 35 heavy (non-hydrogen) atoms. The molecule has 0 N–H and O–H groups in total. The fourth-order valence-corrected chi connectivity index (χ4v) is 8.87. The minimum absolute atomic E-state index is 0.817. The fourth-order valence-electron chi connectivity index (χ4n) is 8.87. The van der Waals surface area contributed by atoms with Gasteiger partial charge in [-0.25, -0.2) is 0 Å². The van der Waals surface area contributed by atoms with Crippen molar-refractivity contribution >= 4 is 19.5 Å². The molecule has 0 unspecified atom stereocenters. The summed E-state index contributed by atoms with van der Waals surface area (Å²) in [6.07, 6.45) is 17.5. The number of hydrogen-bond donors (Lipinski definition) is 0. The van der Waals surface area contributed by atoms with Crippen LogP contribution in [0, 0.1) is 11.8 Å². The molecule has 3 fully saturated rings. The molecule has 0 nitrogen and oxygen atoms in total. The molecule has 9 aliphatic carbocycles. The van der Waals surface area contributed by atoms with E-state index in [1.54, 1.807) is 16.7 Å². The summed E-state index contributed by atoms with van der Waals surface area (Å²) >= 11 is -11.2. The molecule has 7 heteroatoms. The Morgan fingerprint density at radius 3 is 1.49 bits per heavy atom. The van der Waals surface area contributed by atoms with Gasteiger partial charge >= 0.3 is 36.4 Å². The Morgan fingerprint density at radius 1 is 0.571 bits per heavy atom. The van der Waals surface area contributed by atoms with Crippen LogP contribution in [0.3, 0.4) is 0 Å². The first-order valence-electron chi connectivity index (χ1n) is 13.4. The molecule has 192 valence electrons. The van der Waals surface area contributed by atoms with E-state index in [4.69, 9.17) is 0 Å². The summed E-state index contributed by atoms with van der Waals surface area (Å²) in [6.45, 7) is 2.08. The maximum absolute atomic E-state index is 11.2. The van der Waals surface area contributed by atoms with Crippen LogP contribution in [-0.2, 0) is 0 Å². The van der Waals surface area contributed by atoms with Crippen molar-refractivity contribution in [3.8, 4) is 11.8 Å². The van der Waals surface area contributed by atoms with Gasteiger partial charge in [0.2, 0.25) is 0 Å². The SMILES string of the molecule is CC#Cc1c2c(c3c([c+]4c1C1CCC4CC1)C1CCC3CC1)C1CCC2CC1.[F][Sb-]([F])([F])([F])([F])[F]. The van der Waals surface area contributed by atoms with Crippen molar-refractivity contribution in [2.75, 3.05) is 0 Å². The second-order valence-electron chi connectivity index (χ2n) is 11.8. The molecule has 0 radical (unpaired) electrons. The molecule has 9 aliphatic rings. The number of fused-ring (bicyclic) bond motifs is 6. The first-order chi connectivity index (χ1) is 16.3. The van der Waals surface area contributed by atoms with Crippen molar-refractivity contribution in [3.05, 3.63) is 38.9 Å². The summed E-state index contributed by atoms with van der Waals surface area (Å²) in [6, 6.07) is 0. The van der Waals surface area contributed by atoms with Gasteiger partial charge in [-0.3, -0.25) is 0 Å². The van der Waals surface area contributed by atoms with E-state index in [0.29, 0.717) is 0 Å². The van der Waals surface area contributed by atoms with Crippen LogP contribution in [0.5, 0.6) is 0 Å². The topological polar surface area (TPSA) is 0 Å². The molecule has 10 rings (SSSR count). The van der Waals surface area contributed by atoms with Crippen LogP contribution < -0.4 is 0 Å². The predicted octanol–water partition coefficient (Wildman–Crippen LogP) is 9.74. The summed E-state index contributed by atoms with van der Waals surface area (Å²) in [5.74, 6) is 12.3. The van der Waals surface area contributed by atoms with Crippen molar-refractivity contribution in [2.45, 2.75) is 119 Å². The van der Waals surface area contributed by atoms with Crippen LogP contribution in [0.2, 0.25) is 0 Å². The van der Waals surface area contributed by atoms with Gasteiger partial charge in [-0.2, -0.15) is 0 Å². The Hall–Kier alpha value is -0.952. The van der Waals surface area contributed by atoms with Crippen LogP contribution in [0.1, 0.15) is 158 Å². The second-order valence-corrected chi connectivity index (χ2v) is 17.3. The summed E-state index contributed by atoms with van der Waals surface area (Å²) in [5.41, 5.74) is 12.8. The van der Waals surface area contributed by atoms with Crippen LogP contribution in [0.25, 0.3) is 0 Å². The minimum atomic E-state index is -11.2. The molecule has 0 heterocycles.